The van der Waals surface area contributed by atoms with E-state index < -0.39 is 46.5 Å². The van der Waals surface area contributed by atoms with Crippen LogP contribution >= 0.6 is 0 Å². The van der Waals surface area contributed by atoms with E-state index in [0.29, 0.717) is 43.8 Å². The summed E-state index contributed by atoms with van der Waals surface area (Å²) < 4.78 is 25.9. The van der Waals surface area contributed by atoms with Crippen molar-refractivity contribution in [1.82, 2.24) is 19.7 Å². The third kappa shape index (κ3) is 6.71. The first-order chi connectivity index (χ1) is 16.1. The smallest absolute Gasteiger partial charge is 0.349 e. The highest BCUT2D eigenvalue weighted by Gasteiger charge is 2.44. The fourth-order valence-electron chi connectivity index (χ4n) is 4.35. The SMILES string of the molecule is CC(C)CC(N=S(=O)=O)C(=O)N1CCC[C@H]1C(=O)N(C(=O)N(C)N=O)C1CCN(C=NN)CC1. The Morgan fingerprint density at radius 3 is 2.32 bits per heavy atom. The van der Waals surface area contributed by atoms with Crippen molar-refractivity contribution < 1.29 is 22.8 Å². The molecule has 0 aromatic rings. The Balaban J connectivity index is 2.31. The molecular formula is C19H32N8O6S. The van der Waals surface area contributed by atoms with Gasteiger partial charge in [0.1, 0.15) is 18.4 Å². The highest BCUT2D eigenvalue weighted by atomic mass is 32.2. The maximum absolute atomic E-state index is 13.6. The lowest BCUT2D eigenvalue weighted by Gasteiger charge is -2.39. The van der Waals surface area contributed by atoms with Gasteiger partial charge in [0.05, 0.1) is 5.29 Å². The van der Waals surface area contributed by atoms with Gasteiger partial charge in [-0.15, -0.1) is 4.91 Å². The van der Waals surface area contributed by atoms with Crippen LogP contribution in [-0.4, -0.2) is 97.1 Å². The molecule has 4 amide bonds. The predicted molar refractivity (Wildman–Crippen MR) is 122 cm³/mol. The maximum atomic E-state index is 13.6. The third-order valence-electron chi connectivity index (χ3n) is 5.95. The van der Waals surface area contributed by atoms with E-state index in [-0.39, 0.29) is 18.9 Å². The van der Waals surface area contributed by atoms with Crippen LogP contribution in [-0.2, 0) is 20.1 Å². The summed E-state index contributed by atoms with van der Waals surface area (Å²) in [6, 6.07) is -3.51. The van der Waals surface area contributed by atoms with E-state index in [2.05, 4.69) is 14.7 Å². The van der Waals surface area contributed by atoms with Gasteiger partial charge in [0.15, 0.2) is 0 Å². The number of rotatable bonds is 8. The van der Waals surface area contributed by atoms with E-state index in [1.165, 1.54) is 11.2 Å². The third-order valence-corrected chi connectivity index (χ3v) is 6.38. The van der Waals surface area contributed by atoms with E-state index >= 15 is 0 Å². The van der Waals surface area contributed by atoms with Gasteiger partial charge >= 0.3 is 16.5 Å². The van der Waals surface area contributed by atoms with Gasteiger partial charge in [-0.3, -0.25) is 14.5 Å². The van der Waals surface area contributed by atoms with Crippen LogP contribution < -0.4 is 5.84 Å². The van der Waals surface area contributed by atoms with Gasteiger partial charge in [-0.1, -0.05) is 13.8 Å². The summed E-state index contributed by atoms with van der Waals surface area (Å²) in [5, 5.41) is 6.66. The van der Waals surface area contributed by atoms with Crippen molar-refractivity contribution >= 4 is 34.7 Å². The summed E-state index contributed by atoms with van der Waals surface area (Å²) in [7, 11) is -1.63. The molecule has 0 bridgehead atoms. The summed E-state index contributed by atoms with van der Waals surface area (Å²) in [6.45, 7) is 4.87. The first-order valence-corrected chi connectivity index (χ1v) is 12.2. The highest BCUT2D eigenvalue weighted by molar-refractivity contribution is 7.61. The lowest BCUT2D eigenvalue weighted by atomic mass is 10.0. The number of carbonyl (C=O) groups is 3. The Kier molecular flexibility index (Phi) is 9.89. The second-order valence-corrected chi connectivity index (χ2v) is 9.43. The number of hydrogen-bond acceptors (Lipinski definition) is 10. The van der Waals surface area contributed by atoms with Crippen molar-refractivity contribution in [3.63, 3.8) is 0 Å². The molecule has 0 saturated carbocycles. The molecule has 0 aromatic heterocycles. The lowest BCUT2D eigenvalue weighted by Crippen LogP contribution is -2.58. The largest absolute Gasteiger partial charge is 0.361 e. The Hall–Kier alpha value is -3.10. The molecule has 1 unspecified atom stereocenters. The van der Waals surface area contributed by atoms with Crippen LogP contribution in [0.25, 0.3) is 0 Å². The number of nitrogens with two attached hydrogens (primary N) is 1. The number of nitroso groups, excluding NO2 is 1. The second kappa shape index (κ2) is 12.4. The first kappa shape index (κ1) is 27.1. The number of piperidine rings is 1. The van der Waals surface area contributed by atoms with Crippen LogP contribution in [0.1, 0.15) is 46.0 Å². The van der Waals surface area contributed by atoms with Crippen LogP contribution in [0.15, 0.2) is 14.7 Å². The summed E-state index contributed by atoms with van der Waals surface area (Å²) >= 11 is 0. The molecule has 2 rings (SSSR count). The minimum Gasteiger partial charge on any atom is -0.361 e. The molecule has 0 aromatic carbocycles. The topological polar surface area (TPSA) is 178 Å². The number of nitrogens with zero attached hydrogens (tertiary/aromatic N) is 7. The van der Waals surface area contributed by atoms with E-state index in [9.17, 15) is 27.7 Å². The van der Waals surface area contributed by atoms with Gasteiger partial charge in [-0.2, -0.15) is 22.9 Å². The van der Waals surface area contributed by atoms with E-state index in [4.69, 9.17) is 5.84 Å². The van der Waals surface area contributed by atoms with Crippen LogP contribution in [0.4, 0.5) is 4.79 Å². The molecule has 2 saturated heterocycles. The Labute approximate surface area is 199 Å². The molecule has 0 spiro atoms. The monoisotopic (exact) mass is 500 g/mol. The van der Waals surface area contributed by atoms with Gasteiger partial charge < -0.3 is 15.6 Å². The lowest BCUT2D eigenvalue weighted by molar-refractivity contribution is -0.144. The molecule has 190 valence electrons. The van der Waals surface area contributed by atoms with Gasteiger partial charge in [0.2, 0.25) is 5.91 Å². The molecule has 2 aliphatic rings. The van der Waals surface area contributed by atoms with Gasteiger partial charge in [0.25, 0.3) is 5.91 Å². The average Bonchev–Trinajstić information content (AvgIpc) is 3.28. The molecule has 2 atom stereocenters. The van der Waals surface area contributed by atoms with Crippen molar-refractivity contribution in [2.75, 3.05) is 26.7 Å². The molecule has 14 nitrogen and oxygen atoms in total. The molecule has 2 heterocycles. The van der Waals surface area contributed by atoms with Crippen molar-refractivity contribution in [1.29, 1.82) is 0 Å². The Morgan fingerprint density at radius 1 is 1.15 bits per heavy atom. The zero-order valence-electron chi connectivity index (χ0n) is 19.6. The maximum Gasteiger partial charge on any atom is 0.349 e. The van der Waals surface area contributed by atoms with Crippen molar-refractivity contribution in [3.05, 3.63) is 4.91 Å². The van der Waals surface area contributed by atoms with Gasteiger partial charge in [-0.25, -0.2) is 4.79 Å². The molecule has 2 aliphatic heterocycles. The van der Waals surface area contributed by atoms with E-state index in [1.807, 2.05) is 18.7 Å². The number of carbonyl (C=O) groups excluding carboxylic acids is 3. The minimum absolute atomic E-state index is 0.00867. The second-order valence-electron chi connectivity index (χ2n) is 8.79. The number of hydrazone groups is 1. The fourth-order valence-corrected chi connectivity index (χ4v) is 4.74. The van der Waals surface area contributed by atoms with Crippen LogP contribution in [0, 0.1) is 10.8 Å². The number of urea groups is 1. The van der Waals surface area contributed by atoms with E-state index in [0.717, 1.165) is 11.9 Å². The number of imide groups is 1. The van der Waals surface area contributed by atoms with Crippen LogP contribution in [0.5, 0.6) is 0 Å². The van der Waals surface area contributed by atoms with Gasteiger partial charge in [0, 0.05) is 32.7 Å². The Bertz CT molecular complexity index is 923. The molecule has 0 aliphatic carbocycles. The predicted octanol–water partition coefficient (Wildman–Crippen LogP) is 0.383. The molecule has 0 radical (unpaired) electrons. The summed E-state index contributed by atoms with van der Waals surface area (Å²) in [4.78, 5) is 55.0. The summed E-state index contributed by atoms with van der Waals surface area (Å²) in [5.41, 5.74) is 0. The van der Waals surface area contributed by atoms with Crippen molar-refractivity contribution in [3.8, 4) is 0 Å². The molecule has 34 heavy (non-hydrogen) atoms. The van der Waals surface area contributed by atoms with Crippen LogP contribution in [0.2, 0.25) is 0 Å². The highest BCUT2D eigenvalue weighted by Crippen LogP contribution is 2.26. The quantitative estimate of drug-likeness (QED) is 0.163. The fraction of sp³-hybridized carbons (Fsp3) is 0.789. The zero-order chi connectivity index (χ0) is 25.4. The Morgan fingerprint density at radius 2 is 1.79 bits per heavy atom. The molecule has 2 N–H and O–H groups in total. The van der Waals surface area contributed by atoms with E-state index in [1.54, 1.807) is 0 Å². The van der Waals surface area contributed by atoms with Crippen LogP contribution in [0.3, 0.4) is 0 Å². The molecule has 2 fully saturated rings. The average molecular weight is 501 g/mol. The summed E-state index contributed by atoms with van der Waals surface area (Å²) in [5.74, 6) is 3.99. The number of amides is 4. The van der Waals surface area contributed by atoms with Gasteiger partial charge in [-0.05, 0) is 38.0 Å². The number of likely N-dealkylation sites (tertiary alicyclic amines) is 2. The molecule has 15 heteroatoms. The standard InChI is InChI=1S/C19H32N8O6S/c1-13(2)11-15(22-34(32)33)17(28)26-8-4-5-16(26)18(29)27(19(30)24(3)23-31)14-6-9-25(10-7-14)12-21-20/h12-16H,4-11,20H2,1-3H3/t15?,16-/m0/s1. The first-order valence-electron chi connectivity index (χ1n) is 11.1. The molecular weight excluding hydrogens is 468 g/mol. The number of hydrogen-bond donors (Lipinski definition) is 1. The van der Waals surface area contributed by atoms with Crippen molar-refractivity contribution in [2.24, 2.45) is 26.5 Å². The summed E-state index contributed by atoms with van der Waals surface area (Å²) in [6.07, 6.45) is 3.31. The minimum atomic E-state index is -2.79. The zero-order valence-corrected chi connectivity index (χ0v) is 20.4. The normalized spacial score (nSPS) is 19.8. The van der Waals surface area contributed by atoms with Crippen molar-refractivity contribution in [2.45, 2.75) is 64.1 Å².